The third-order valence-corrected chi connectivity index (χ3v) is 13.9. The molecule has 0 heterocycles. The number of phosphoric acid groups is 1. The van der Waals surface area contributed by atoms with Gasteiger partial charge < -0.3 is 27.9 Å². The summed E-state index contributed by atoms with van der Waals surface area (Å²) in [4.78, 5) is 37.9. The van der Waals surface area contributed by atoms with Gasteiger partial charge in [0.2, 0.25) is 0 Å². The molecule has 0 amide bonds. The standard InChI is InChI=1S/C64H114NO8P/c1-6-8-10-12-14-16-18-20-22-24-26-28-30-32-34-36-38-40-42-44-46-48-50-52-54-56-63(66)70-60-62(61-72-74(68,69)71-59-58-65(3,4)5)73-64(67)57-55-53-51-49-47-45-43-41-39-37-35-33-31-29-27-25-23-21-19-17-15-13-11-9-7-2/h9,11,15,17,21,23-24,26-27,29,33,35,39,41,62H,6-8,10,12-14,16,18-20,22,25,28,30-32,34,36-38,40,42-61H2,1-5H3/b11-9-,17-15-,23-21-,26-24-,29-27-,35-33-,41-39-. The second kappa shape index (κ2) is 55.0. The van der Waals surface area contributed by atoms with Crippen molar-refractivity contribution in [3.05, 3.63) is 85.1 Å². The van der Waals surface area contributed by atoms with E-state index in [1.165, 1.54) is 128 Å². The van der Waals surface area contributed by atoms with Gasteiger partial charge >= 0.3 is 11.9 Å². The molecule has 0 spiro atoms. The van der Waals surface area contributed by atoms with Gasteiger partial charge in [0.25, 0.3) is 7.82 Å². The monoisotopic (exact) mass is 1060 g/mol. The summed E-state index contributed by atoms with van der Waals surface area (Å²) in [7, 11) is 1.15. The lowest BCUT2D eigenvalue weighted by Crippen LogP contribution is -2.37. The number of unbranched alkanes of at least 4 members (excludes halogenated alkanes) is 27. The summed E-state index contributed by atoms with van der Waals surface area (Å²) < 4.78 is 34.2. The summed E-state index contributed by atoms with van der Waals surface area (Å²) in [6, 6.07) is 0. The maximum atomic E-state index is 12.8. The van der Waals surface area contributed by atoms with Gasteiger partial charge in [-0.2, -0.15) is 0 Å². The van der Waals surface area contributed by atoms with Crippen molar-refractivity contribution in [2.24, 2.45) is 0 Å². The zero-order chi connectivity index (χ0) is 54.2. The maximum Gasteiger partial charge on any atom is 0.306 e. The molecule has 0 aliphatic carbocycles. The molecule has 0 radical (unpaired) electrons. The number of carbonyl (C=O) groups excluding carboxylic acids is 2. The first-order valence-corrected chi connectivity index (χ1v) is 31.8. The zero-order valence-corrected chi connectivity index (χ0v) is 49.4. The molecule has 0 saturated carbocycles. The van der Waals surface area contributed by atoms with E-state index in [4.69, 9.17) is 18.5 Å². The Balaban J connectivity index is 4.19. The van der Waals surface area contributed by atoms with Crippen molar-refractivity contribution in [3.63, 3.8) is 0 Å². The summed E-state index contributed by atoms with van der Waals surface area (Å²) in [5.41, 5.74) is 0. The van der Waals surface area contributed by atoms with E-state index < -0.39 is 26.5 Å². The SMILES string of the molecule is CC/C=C\C/C=C\C/C=C\C/C=C\C/C=C\C/C=C\CCCCCCCCC(=O)OC(COC(=O)CCCCCCCCCCCCCCC/C=C\CCCCCCCCCC)COP(=O)([O-])OCC[N+](C)(C)C. The fourth-order valence-electron chi connectivity index (χ4n) is 8.24. The minimum Gasteiger partial charge on any atom is -0.756 e. The van der Waals surface area contributed by atoms with Crippen LogP contribution in [0.2, 0.25) is 0 Å². The van der Waals surface area contributed by atoms with Gasteiger partial charge in [-0.25, -0.2) is 0 Å². The van der Waals surface area contributed by atoms with Gasteiger partial charge in [-0.1, -0.05) is 240 Å². The summed E-state index contributed by atoms with van der Waals surface area (Å²) in [6.07, 6.45) is 73.4. The van der Waals surface area contributed by atoms with Crippen LogP contribution in [-0.4, -0.2) is 70.0 Å². The fraction of sp³-hybridized carbons (Fsp3) is 0.750. The van der Waals surface area contributed by atoms with Crippen molar-refractivity contribution in [2.75, 3.05) is 47.5 Å². The highest BCUT2D eigenvalue weighted by Gasteiger charge is 2.22. The Morgan fingerprint density at radius 2 is 0.770 bits per heavy atom. The number of ether oxygens (including phenoxy) is 2. The van der Waals surface area contributed by atoms with E-state index in [0.717, 1.165) is 96.3 Å². The number of phosphoric ester groups is 1. The maximum absolute atomic E-state index is 12.8. The van der Waals surface area contributed by atoms with Crippen LogP contribution >= 0.6 is 7.82 Å². The summed E-state index contributed by atoms with van der Waals surface area (Å²) >= 11 is 0. The fourth-order valence-corrected chi connectivity index (χ4v) is 8.97. The largest absolute Gasteiger partial charge is 0.756 e. The third-order valence-electron chi connectivity index (χ3n) is 12.9. The van der Waals surface area contributed by atoms with Gasteiger partial charge in [-0.05, 0) is 89.9 Å². The van der Waals surface area contributed by atoms with Crippen molar-refractivity contribution < 1.29 is 42.1 Å². The number of quaternary nitrogens is 1. The molecule has 0 N–H and O–H groups in total. The van der Waals surface area contributed by atoms with Gasteiger partial charge in [0, 0.05) is 12.8 Å². The van der Waals surface area contributed by atoms with Crippen LogP contribution in [-0.2, 0) is 32.7 Å². The first-order chi connectivity index (χ1) is 36.0. The van der Waals surface area contributed by atoms with Crippen molar-refractivity contribution in [1.29, 1.82) is 0 Å². The minimum atomic E-state index is -4.65. The molecule has 0 fully saturated rings. The average molecular weight is 1060 g/mol. The van der Waals surface area contributed by atoms with Gasteiger partial charge in [-0.3, -0.25) is 14.2 Å². The van der Waals surface area contributed by atoms with Crippen LogP contribution in [0, 0.1) is 0 Å². The van der Waals surface area contributed by atoms with E-state index in [0.29, 0.717) is 17.4 Å². The van der Waals surface area contributed by atoms with Crippen molar-refractivity contribution in [1.82, 2.24) is 0 Å². The highest BCUT2D eigenvalue weighted by Crippen LogP contribution is 2.38. The second-order valence-corrected chi connectivity index (χ2v) is 22.7. The molecule has 0 rings (SSSR count). The number of likely N-dealkylation sites (N-methyl/N-ethyl adjacent to an activating group) is 1. The van der Waals surface area contributed by atoms with Crippen molar-refractivity contribution >= 4 is 19.8 Å². The smallest absolute Gasteiger partial charge is 0.306 e. The Bertz CT molecular complexity index is 1520. The molecule has 10 heteroatoms. The Morgan fingerprint density at radius 1 is 0.432 bits per heavy atom. The summed E-state index contributed by atoms with van der Waals surface area (Å²) in [6.45, 7) is 4.12. The van der Waals surface area contributed by atoms with E-state index in [2.05, 4.69) is 98.9 Å². The molecule has 0 aliphatic heterocycles. The predicted octanol–water partition coefficient (Wildman–Crippen LogP) is 18.4. The van der Waals surface area contributed by atoms with Crippen LogP contribution in [0.5, 0.6) is 0 Å². The molecular formula is C64H114NO8P. The Labute approximate surface area is 456 Å². The minimum absolute atomic E-state index is 0.0374. The Kier molecular flexibility index (Phi) is 52.9. The lowest BCUT2D eigenvalue weighted by molar-refractivity contribution is -0.870. The number of esters is 2. The molecule has 74 heavy (non-hydrogen) atoms. The Hall–Kier alpha value is -2.81. The van der Waals surface area contributed by atoms with Gasteiger partial charge in [0.1, 0.15) is 19.8 Å². The van der Waals surface area contributed by atoms with Crippen LogP contribution < -0.4 is 4.89 Å². The van der Waals surface area contributed by atoms with Gasteiger partial charge in [0.05, 0.1) is 27.7 Å². The molecule has 0 aromatic rings. The van der Waals surface area contributed by atoms with E-state index >= 15 is 0 Å². The first-order valence-electron chi connectivity index (χ1n) is 30.3. The number of allylic oxidation sites excluding steroid dienone is 14. The number of hydrogen-bond acceptors (Lipinski definition) is 8. The van der Waals surface area contributed by atoms with E-state index in [9.17, 15) is 19.0 Å². The number of carbonyl (C=O) groups is 2. The van der Waals surface area contributed by atoms with Crippen LogP contribution in [0.25, 0.3) is 0 Å². The van der Waals surface area contributed by atoms with E-state index in [1.54, 1.807) is 0 Å². The molecule has 0 aromatic carbocycles. The van der Waals surface area contributed by atoms with E-state index in [-0.39, 0.29) is 32.0 Å². The molecule has 9 nitrogen and oxygen atoms in total. The first kappa shape index (κ1) is 71.2. The molecule has 0 aliphatic rings. The quantitative estimate of drug-likeness (QED) is 0.0195. The zero-order valence-electron chi connectivity index (χ0n) is 48.5. The molecule has 2 unspecified atom stereocenters. The third kappa shape index (κ3) is 58.5. The van der Waals surface area contributed by atoms with Gasteiger partial charge in [0.15, 0.2) is 6.10 Å². The highest BCUT2D eigenvalue weighted by molar-refractivity contribution is 7.45. The number of hydrogen-bond donors (Lipinski definition) is 0. The van der Waals surface area contributed by atoms with Crippen LogP contribution in [0.1, 0.15) is 258 Å². The summed E-state index contributed by atoms with van der Waals surface area (Å²) in [5.74, 6) is -0.848. The molecule has 2 atom stereocenters. The van der Waals surface area contributed by atoms with Gasteiger partial charge in [-0.15, -0.1) is 0 Å². The van der Waals surface area contributed by atoms with Crippen LogP contribution in [0.15, 0.2) is 85.1 Å². The Morgan fingerprint density at radius 3 is 1.16 bits per heavy atom. The molecule has 0 saturated heterocycles. The van der Waals surface area contributed by atoms with Crippen molar-refractivity contribution in [2.45, 2.75) is 264 Å². The van der Waals surface area contributed by atoms with E-state index in [1.807, 2.05) is 21.1 Å². The normalized spacial score (nSPS) is 13.9. The predicted molar refractivity (Wildman–Crippen MR) is 314 cm³/mol. The van der Waals surface area contributed by atoms with Crippen molar-refractivity contribution in [3.8, 4) is 0 Å². The summed E-state index contributed by atoms with van der Waals surface area (Å²) in [5, 5.41) is 0. The number of rotatable bonds is 55. The lowest BCUT2D eigenvalue weighted by Gasteiger charge is -2.28. The molecule has 428 valence electrons. The highest BCUT2D eigenvalue weighted by atomic mass is 31.2. The second-order valence-electron chi connectivity index (χ2n) is 21.3. The molecular weight excluding hydrogens is 942 g/mol. The average Bonchev–Trinajstić information content (AvgIpc) is 3.36. The topological polar surface area (TPSA) is 111 Å². The van der Waals surface area contributed by atoms with Crippen LogP contribution in [0.4, 0.5) is 0 Å². The molecule has 0 aromatic heterocycles. The molecule has 0 bridgehead atoms. The number of nitrogens with zero attached hydrogens (tertiary/aromatic N) is 1. The van der Waals surface area contributed by atoms with Crippen LogP contribution in [0.3, 0.4) is 0 Å². The lowest BCUT2D eigenvalue weighted by atomic mass is 10.0.